The lowest BCUT2D eigenvalue weighted by Gasteiger charge is -2.06. The van der Waals surface area contributed by atoms with Crippen molar-refractivity contribution in [3.63, 3.8) is 0 Å². The number of aromatic nitrogens is 4. The molecule has 4 rings (SSSR count). The molecule has 2 aromatic carbocycles. The van der Waals surface area contributed by atoms with Crippen LogP contribution in [0.15, 0.2) is 60.8 Å². The van der Waals surface area contributed by atoms with E-state index < -0.39 is 0 Å². The maximum Gasteiger partial charge on any atom is 0.238 e. The van der Waals surface area contributed by atoms with Crippen LogP contribution >= 0.6 is 0 Å². The smallest absolute Gasteiger partial charge is 0.238 e. The molecule has 2 aromatic heterocycles. The predicted octanol–water partition coefficient (Wildman–Crippen LogP) is 3.73. The lowest BCUT2D eigenvalue weighted by atomic mass is 10.3. The van der Waals surface area contributed by atoms with Gasteiger partial charge in [-0.25, -0.2) is 15.0 Å². The van der Waals surface area contributed by atoms with Crippen LogP contribution < -0.4 is 10.5 Å². The molecule has 1 radical (unpaired) electrons. The average Bonchev–Trinajstić information content (AvgIpc) is 3.01. The minimum Gasteiger partial charge on any atom is -0.437 e. The number of imidazole rings is 1. The van der Waals surface area contributed by atoms with E-state index in [0.29, 0.717) is 23.1 Å². The summed E-state index contributed by atoms with van der Waals surface area (Å²) in [6.07, 6.45) is 1.43. The standard InChI is InChI=1S/C17H12N5O/c18-16-15(17-20-12-8-4-5-9-13(12)21-17)22-14(10-19-16)23-11-6-2-1-3-7-11/h1-10,18H,(H,20,21). The van der Waals surface area contributed by atoms with Crippen LogP contribution in [-0.2, 0) is 0 Å². The van der Waals surface area contributed by atoms with Gasteiger partial charge in [-0.2, -0.15) is 0 Å². The molecule has 6 heteroatoms. The normalized spacial score (nSPS) is 10.8. The summed E-state index contributed by atoms with van der Waals surface area (Å²) in [5, 5.41) is 0. The Hall–Kier alpha value is -3.41. The van der Waals surface area contributed by atoms with Gasteiger partial charge >= 0.3 is 0 Å². The van der Waals surface area contributed by atoms with Gasteiger partial charge in [-0.05, 0) is 24.3 Å². The van der Waals surface area contributed by atoms with E-state index in [1.54, 1.807) is 0 Å². The third kappa shape index (κ3) is 2.57. The minimum atomic E-state index is 0.0458. The van der Waals surface area contributed by atoms with Gasteiger partial charge in [0.05, 0.1) is 17.2 Å². The number of para-hydroxylation sites is 3. The Morgan fingerprint density at radius 1 is 0.913 bits per heavy atom. The third-order valence-corrected chi connectivity index (χ3v) is 3.33. The first kappa shape index (κ1) is 13.3. The second kappa shape index (κ2) is 5.42. The molecule has 0 spiro atoms. The third-order valence-electron chi connectivity index (χ3n) is 3.33. The SMILES string of the molecule is [NH]c1ncc(Oc2ccccc2)nc1-c1nc2ccccc2[nH]1. The van der Waals surface area contributed by atoms with Gasteiger partial charge in [0, 0.05) is 0 Å². The predicted molar refractivity (Wildman–Crippen MR) is 86.4 cm³/mol. The maximum absolute atomic E-state index is 7.97. The number of rotatable bonds is 3. The van der Waals surface area contributed by atoms with E-state index in [1.807, 2.05) is 54.6 Å². The highest BCUT2D eigenvalue weighted by molar-refractivity contribution is 5.80. The Morgan fingerprint density at radius 2 is 1.70 bits per heavy atom. The molecule has 0 saturated carbocycles. The Bertz CT molecular complexity index is 932. The van der Waals surface area contributed by atoms with Crippen molar-refractivity contribution in [3.8, 4) is 23.1 Å². The number of H-pyrrole nitrogens is 1. The first-order valence-electron chi connectivity index (χ1n) is 7.06. The molecule has 0 aliphatic rings. The van der Waals surface area contributed by atoms with Crippen LogP contribution in [0.2, 0.25) is 0 Å². The minimum absolute atomic E-state index is 0.0458. The number of hydrogen-bond acceptors (Lipinski definition) is 4. The molecule has 0 atom stereocenters. The van der Waals surface area contributed by atoms with Gasteiger partial charge in [-0.3, -0.25) is 5.73 Å². The molecule has 2 N–H and O–H groups in total. The summed E-state index contributed by atoms with van der Waals surface area (Å²) in [6, 6.07) is 17.0. The second-order valence-electron chi connectivity index (χ2n) is 4.92. The van der Waals surface area contributed by atoms with Crippen molar-refractivity contribution in [2.75, 3.05) is 0 Å². The average molecular weight is 302 g/mol. The van der Waals surface area contributed by atoms with Crippen molar-refractivity contribution in [1.82, 2.24) is 25.7 Å². The monoisotopic (exact) mass is 302 g/mol. The van der Waals surface area contributed by atoms with Gasteiger partial charge in [0.2, 0.25) is 5.88 Å². The zero-order chi connectivity index (χ0) is 15.6. The zero-order valence-corrected chi connectivity index (χ0v) is 12.0. The molecule has 0 amide bonds. The van der Waals surface area contributed by atoms with Crippen molar-refractivity contribution < 1.29 is 4.74 Å². The lowest BCUT2D eigenvalue weighted by Crippen LogP contribution is -1.95. The van der Waals surface area contributed by atoms with E-state index in [1.165, 1.54) is 6.20 Å². The van der Waals surface area contributed by atoms with Crippen molar-refractivity contribution in [2.45, 2.75) is 0 Å². The van der Waals surface area contributed by atoms with E-state index in [0.717, 1.165) is 11.0 Å². The Balaban J connectivity index is 1.74. The summed E-state index contributed by atoms with van der Waals surface area (Å²) in [7, 11) is 0. The van der Waals surface area contributed by atoms with Crippen molar-refractivity contribution in [2.24, 2.45) is 0 Å². The van der Waals surface area contributed by atoms with Crippen LogP contribution in [0.1, 0.15) is 0 Å². The molecule has 2 heterocycles. The van der Waals surface area contributed by atoms with Gasteiger partial charge < -0.3 is 9.72 Å². The maximum atomic E-state index is 7.97. The molecule has 111 valence electrons. The molecule has 6 nitrogen and oxygen atoms in total. The highest BCUT2D eigenvalue weighted by Gasteiger charge is 2.13. The number of benzene rings is 2. The number of fused-ring (bicyclic) bond motifs is 1. The zero-order valence-electron chi connectivity index (χ0n) is 12.0. The molecule has 0 aliphatic heterocycles. The number of nitrogens with zero attached hydrogens (tertiary/aromatic N) is 3. The van der Waals surface area contributed by atoms with E-state index in [-0.39, 0.29) is 5.82 Å². The second-order valence-corrected chi connectivity index (χ2v) is 4.92. The topological polar surface area (TPSA) is 87.5 Å². The highest BCUT2D eigenvalue weighted by Crippen LogP contribution is 2.27. The summed E-state index contributed by atoms with van der Waals surface area (Å²) < 4.78 is 5.67. The number of ether oxygens (including phenoxy) is 1. The van der Waals surface area contributed by atoms with E-state index in [9.17, 15) is 0 Å². The van der Waals surface area contributed by atoms with Crippen molar-refractivity contribution >= 4 is 16.9 Å². The fourth-order valence-electron chi connectivity index (χ4n) is 2.26. The molecule has 4 aromatic rings. The summed E-state index contributed by atoms with van der Waals surface area (Å²) in [5.74, 6) is 1.53. The summed E-state index contributed by atoms with van der Waals surface area (Å²) >= 11 is 0. The summed E-state index contributed by atoms with van der Waals surface area (Å²) in [5.41, 5.74) is 10.0. The molecule has 0 unspecified atom stereocenters. The Morgan fingerprint density at radius 3 is 2.52 bits per heavy atom. The van der Waals surface area contributed by atoms with Gasteiger partial charge in [-0.15, -0.1) is 0 Å². The van der Waals surface area contributed by atoms with E-state index >= 15 is 0 Å². The van der Waals surface area contributed by atoms with Crippen LogP contribution in [0.3, 0.4) is 0 Å². The number of hydrogen-bond donors (Lipinski definition) is 1. The number of nitrogens with one attached hydrogen (secondary N) is 2. The largest absolute Gasteiger partial charge is 0.437 e. The number of aromatic amines is 1. The Labute approximate surface area is 132 Å². The van der Waals surface area contributed by atoms with Crippen LogP contribution in [0.25, 0.3) is 22.6 Å². The fraction of sp³-hybridized carbons (Fsp3) is 0. The highest BCUT2D eigenvalue weighted by atomic mass is 16.5. The molecule has 23 heavy (non-hydrogen) atoms. The van der Waals surface area contributed by atoms with Crippen LogP contribution in [-0.4, -0.2) is 19.9 Å². The van der Waals surface area contributed by atoms with Gasteiger partial charge in [0.15, 0.2) is 17.3 Å². The molecule has 0 saturated heterocycles. The van der Waals surface area contributed by atoms with Crippen LogP contribution in [0, 0.1) is 0 Å². The first-order chi connectivity index (χ1) is 11.3. The summed E-state index contributed by atoms with van der Waals surface area (Å²) in [6.45, 7) is 0. The van der Waals surface area contributed by atoms with E-state index in [4.69, 9.17) is 10.5 Å². The fourth-order valence-corrected chi connectivity index (χ4v) is 2.26. The molecule has 0 fully saturated rings. The first-order valence-corrected chi connectivity index (χ1v) is 7.06. The lowest BCUT2D eigenvalue weighted by molar-refractivity contribution is 0.461. The van der Waals surface area contributed by atoms with E-state index in [2.05, 4.69) is 19.9 Å². The molecular weight excluding hydrogens is 290 g/mol. The Kier molecular flexibility index (Phi) is 3.12. The molecule has 0 aliphatic carbocycles. The molecular formula is C17H12N5O. The van der Waals surface area contributed by atoms with Gasteiger partial charge in [-0.1, -0.05) is 30.3 Å². The van der Waals surface area contributed by atoms with Crippen LogP contribution in [0.4, 0.5) is 5.82 Å². The quantitative estimate of drug-likeness (QED) is 0.624. The summed E-state index contributed by atoms with van der Waals surface area (Å²) in [4.78, 5) is 16.0. The van der Waals surface area contributed by atoms with Crippen molar-refractivity contribution in [3.05, 3.63) is 60.8 Å². The van der Waals surface area contributed by atoms with Crippen molar-refractivity contribution in [1.29, 1.82) is 0 Å². The van der Waals surface area contributed by atoms with Gasteiger partial charge in [0.25, 0.3) is 0 Å². The van der Waals surface area contributed by atoms with Crippen LogP contribution in [0.5, 0.6) is 11.6 Å². The molecule has 0 bridgehead atoms. The van der Waals surface area contributed by atoms with Gasteiger partial charge in [0.1, 0.15) is 5.75 Å².